The van der Waals surface area contributed by atoms with E-state index in [-0.39, 0.29) is 12.5 Å². The van der Waals surface area contributed by atoms with Crippen molar-refractivity contribution in [2.45, 2.75) is 19.4 Å². The Kier molecular flexibility index (Phi) is 7.36. The Labute approximate surface area is 156 Å². The van der Waals surface area contributed by atoms with Crippen molar-refractivity contribution < 1.29 is 13.2 Å². The van der Waals surface area contributed by atoms with Gasteiger partial charge in [0.1, 0.15) is 0 Å². The van der Waals surface area contributed by atoms with Crippen LogP contribution in [0.25, 0.3) is 0 Å². The largest absolute Gasteiger partial charge is 0.340 e. The summed E-state index contributed by atoms with van der Waals surface area (Å²) in [5.74, 6) is -0.209. The zero-order valence-corrected chi connectivity index (χ0v) is 16.2. The fourth-order valence-electron chi connectivity index (χ4n) is 2.68. The molecule has 0 fully saturated rings. The Morgan fingerprint density at radius 1 is 0.923 bits per heavy atom. The molecule has 0 aromatic heterocycles. The quantitative estimate of drug-likeness (QED) is 0.678. The number of hydrogen-bond acceptors (Lipinski definition) is 3. The minimum Gasteiger partial charge on any atom is -0.340 e. The van der Waals surface area contributed by atoms with Crippen LogP contribution in [0.3, 0.4) is 0 Å². The van der Waals surface area contributed by atoms with E-state index in [1.165, 1.54) is 4.31 Å². The Balaban J connectivity index is 1.91. The third kappa shape index (κ3) is 6.61. The normalized spacial score (nSPS) is 11.5. The number of amides is 1. The van der Waals surface area contributed by atoms with E-state index in [1.54, 1.807) is 11.9 Å². The Morgan fingerprint density at radius 2 is 1.46 bits per heavy atom. The van der Waals surface area contributed by atoms with E-state index in [9.17, 15) is 13.2 Å². The highest BCUT2D eigenvalue weighted by Gasteiger charge is 2.21. The highest BCUT2D eigenvalue weighted by Crippen LogP contribution is 2.08. The number of nitrogens with zero attached hydrogens (tertiary/aromatic N) is 2. The molecule has 5 nitrogen and oxygen atoms in total. The zero-order valence-electron chi connectivity index (χ0n) is 15.3. The lowest BCUT2D eigenvalue weighted by Gasteiger charge is -2.23. The molecule has 2 aromatic carbocycles. The molecular formula is C20H26N2O3S. The Bertz CT molecular complexity index is 792. The first-order valence-electron chi connectivity index (χ1n) is 8.63. The molecular weight excluding hydrogens is 348 g/mol. The molecule has 0 atom stereocenters. The van der Waals surface area contributed by atoms with Gasteiger partial charge in [-0.1, -0.05) is 60.7 Å². The molecule has 0 spiro atoms. The fraction of sp³-hybridized carbons (Fsp3) is 0.350. The summed E-state index contributed by atoms with van der Waals surface area (Å²) in [6.07, 6.45) is 2.60. The Morgan fingerprint density at radius 3 is 2.00 bits per heavy atom. The summed E-state index contributed by atoms with van der Waals surface area (Å²) >= 11 is 0. The van der Waals surface area contributed by atoms with E-state index < -0.39 is 10.0 Å². The lowest BCUT2D eigenvalue weighted by Crippen LogP contribution is -2.41. The molecule has 0 saturated carbocycles. The van der Waals surface area contributed by atoms with Gasteiger partial charge in [-0.05, 0) is 24.0 Å². The lowest BCUT2D eigenvalue weighted by molar-refractivity contribution is -0.130. The first kappa shape index (κ1) is 20.1. The van der Waals surface area contributed by atoms with Crippen molar-refractivity contribution in [3.05, 3.63) is 71.8 Å². The molecule has 6 heteroatoms. The van der Waals surface area contributed by atoms with Crippen molar-refractivity contribution >= 4 is 15.9 Å². The number of rotatable bonds is 9. The molecule has 0 radical (unpaired) electrons. The van der Waals surface area contributed by atoms with Gasteiger partial charge in [0.05, 0.1) is 12.8 Å². The summed E-state index contributed by atoms with van der Waals surface area (Å²) in [7, 11) is -1.74. The highest BCUT2D eigenvalue weighted by molar-refractivity contribution is 7.88. The van der Waals surface area contributed by atoms with Crippen LogP contribution in [0, 0.1) is 0 Å². The molecule has 140 valence electrons. The maximum Gasteiger partial charge on any atom is 0.237 e. The maximum absolute atomic E-state index is 12.5. The lowest BCUT2D eigenvalue weighted by atomic mass is 10.1. The van der Waals surface area contributed by atoms with Crippen molar-refractivity contribution in [3.8, 4) is 0 Å². The van der Waals surface area contributed by atoms with E-state index in [4.69, 9.17) is 0 Å². The van der Waals surface area contributed by atoms with Crippen molar-refractivity contribution in [1.82, 2.24) is 9.21 Å². The number of hydrogen-bond donors (Lipinski definition) is 0. The van der Waals surface area contributed by atoms with Gasteiger partial charge in [0.15, 0.2) is 0 Å². The molecule has 0 bridgehead atoms. The predicted molar refractivity (Wildman–Crippen MR) is 104 cm³/mol. The second-order valence-electron chi connectivity index (χ2n) is 6.42. The first-order chi connectivity index (χ1) is 12.4. The number of aryl methyl sites for hydroxylation is 1. The number of benzene rings is 2. The van der Waals surface area contributed by atoms with Crippen LogP contribution < -0.4 is 0 Å². The van der Waals surface area contributed by atoms with E-state index in [0.717, 1.165) is 23.8 Å². The molecule has 2 rings (SSSR count). The smallest absolute Gasteiger partial charge is 0.237 e. The highest BCUT2D eigenvalue weighted by atomic mass is 32.2. The second kappa shape index (κ2) is 9.50. The average Bonchev–Trinajstić information content (AvgIpc) is 2.61. The molecule has 0 heterocycles. The molecule has 26 heavy (non-hydrogen) atoms. The van der Waals surface area contributed by atoms with Gasteiger partial charge in [0.2, 0.25) is 15.9 Å². The van der Waals surface area contributed by atoms with Crippen LogP contribution in [-0.4, -0.2) is 49.9 Å². The summed E-state index contributed by atoms with van der Waals surface area (Å²) in [5.41, 5.74) is 2.17. The van der Waals surface area contributed by atoms with Crippen LogP contribution >= 0.6 is 0 Å². The summed E-state index contributed by atoms with van der Waals surface area (Å²) in [5, 5.41) is 0. The van der Waals surface area contributed by atoms with Crippen LogP contribution in [0.2, 0.25) is 0 Å². The third-order valence-corrected chi connectivity index (χ3v) is 5.43. The zero-order chi connectivity index (χ0) is 19.0. The van der Waals surface area contributed by atoms with Crippen molar-refractivity contribution in [3.63, 3.8) is 0 Å². The predicted octanol–water partition coefficient (Wildman–Crippen LogP) is 2.54. The van der Waals surface area contributed by atoms with Crippen LogP contribution in [0.4, 0.5) is 0 Å². The first-order valence-corrected chi connectivity index (χ1v) is 10.5. The average molecular weight is 375 g/mol. The second-order valence-corrected chi connectivity index (χ2v) is 8.40. The SMILES string of the molecule is CN(Cc1ccccc1)C(=O)CN(CCCc1ccccc1)S(C)(=O)=O. The monoisotopic (exact) mass is 374 g/mol. The Hall–Kier alpha value is -2.18. The van der Waals surface area contributed by atoms with Crippen LogP contribution in [0.15, 0.2) is 60.7 Å². The van der Waals surface area contributed by atoms with Gasteiger partial charge >= 0.3 is 0 Å². The van der Waals surface area contributed by atoms with E-state index in [0.29, 0.717) is 19.5 Å². The van der Waals surface area contributed by atoms with Gasteiger partial charge in [-0.15, -0.1) is 0 Å². The summed E-state index contributed by atoms with van der Waals surface area (Å²) in [4.78, 5) is 14.0. The van der Waals surface area contributed by atoms with E-state index >= 15 is 0 Å². The van der Waals surface area contributed by atoms with Crippen LogP contribution in [0.1, 0.15) is 17.5 Å². The third-order valence-electron chi connectivity index (χ3n) is 4.18. The van der Waals surface area contributed by atoms with Gasteiger partial charge in [-0.3, -0.25) is 4.79 Å². The van der Waals surface area contributed by atoms with Gasteiger partial charge in [0.25, 0.3) is 0 Å². The number of sulfonamides is 1. The summed E-state index contributed by atoms with van der Waals surface area (Å²) < 4.78 is 25.4. The van der Waals surface area contributed by atoms with Gasteiger partial charge in [-0.25, -0.2) is 8.42 Å². The summed E-state index contributed by atoms with van der Waals surface area (Å²) in [6, 6.07) is 19.6. The van der Waals surface area contributed by atoms with Gasteiger partial charge in [0, 0.05) is 20.1 Å². The molecule has 0 N–H and O–H groups in total. The van der Waals surface area contributed by atoms with Crippen molar-refractivity contribution in [1.29, 1.82) is 0 Å². The molecule has 1 amide bonds. The van der Waals surface area contributed by atoms with Crippen LogP contribution in [0.5, 0.6) is 0 Å². The molecule has 0 aliphatic carbocycles. The molecule has 0 aliphatic rings. The summed E-state index contributed by atoms with van der Waals surface area (Å²) in [6.45, 7) is 0.664. The minimum absolute atomic E-state index is 0.128. The van der Waals surface area contributed by atoms with Gasteiger partial charge < -0.3 is 4.90 Å². The minimum atomic E-state index is -3.43. The number of likely N-dealkylation sites (N-methyl/N-ethyl adjacent to an activating group) is 1. The maximum atomic E-state index is 12.5. The topological polar surface area (TPSA) is 57.7 Å². The number of carbonyl (C=O) groups excluding carboxylic acids is 1. The molecule has 0 aliphatic heterocycles. The van der Waals surface area contributed by atoms with E-state index in [2.05, 4.69) is 0 Å². The van der Waals surface area contributed by atoms with Gasteiger partial charge in [-0.2, -0.15) is 4.31 Å². The molecule has 2 aromatic rings. The molecule has 0 saturated heterocycles. The van der Waals surface area contributed by atoms with Crippen LogP contribution in [-0.2, 0) is 27.8 Å². The van der Waals surface area contributed by atoms with E-state index in [1.807, 2.05) is 60.7 Å². The number of carbonyl (C=O) groups is 1. The van der Waals surface area contributed by atoms with Crippen molar-refractivity contribution in [2.24, 2.45) is 0 Å². The van der Waals surface area contributed by atoms with Crippen molar-refractivity contribution in [2.75, 3.05) is 26.4 Å². The molecule has 0 unspecified atom stereocenters. The fourth-order valence-corrected chi connectivity index (χ4v) is 3.49. The standard InChI is InChI=1S/C20H26N2O3S/c1-21(16-19-12-7-4-8-13-19)20(23)17-22(26(2,24)25)15-9-14-18-10-5-3-6-11-18/h3-8,10-13H,9,14-17H2,1-2H3.